The van der Waals surface area contributed by atoms with Crippen LogP contribution in [0.25, 0.3) is 22.1 Å². The van der Waals surface area contributed by atoms with Crippen LogP contribution in [0.5, 0.6) is 0 Å². The van der Waals surface area contributed by atoms with Gasteiger partial charge in [-0.25, -0.2) is 9.36 Å². The molecular formula is C18H14N6S. The van der Waals surface area contributed by atoms with Crippen molar-refractivity contribution in [3.8, 4) is 0 Å². The molecule has 1 saturated heterocycles. The van der Waals surface area contributed by atoms with E-state index in [0.717, 1.165) is 28.5 Å². The van der Waals surface area contributed by atoms with Crippen molar-refractivity contribution in [2.24, 2.45) is 5.92 Å². The van der Waals surface area contributed by atoms with E-state index in [0.29, 0.717) is 11.2 Å². The minimum atomic E-state index is -0.467. The average Bonchev–Trinajstić information content (AvgIpc) is 3.42. The molecular weight excluding hydrogens is 332 g/mol. The zero-order valence-electron chi connectivity index (χ0n) is 13.2. The van der Waals surface area contributed by atoms with Crippen LogP contribution in [0.2, 0.25) is 0 Å². The number of fused-ring (bicyclic) bond motifs is 4. The Morgan fingerprint density at radius 1 is 0.840 bits per heavy atom. The summed E-state index contributed by atoms with van der Waals surface area (Å²) < 4.78 is 4.09. The maximum Gasteiger partial charge on any atom is 0.212 e. The maximum absolute atomic E-state index is 4.55. The molecule has 1 fully saturated rings. The summed E-state index contributed by atoms with van der Waals surface area (Å²) in [6, 6.07) is 16.2. The molecule has 0 radical (unpaired) electrons. The van der Waals surface area contributed by atoms with Crippen LogP contribution in [0.4, 0.5) is 0 Å². The molecule has 2 bridgehead atoms. The molecule has 2 aromatic carbocycles. The summed E-state index contributed by atoms with van der Waals surface area (Å²) in [5.74, 6) is 0.303. The van der Waals surface area contributed by atoms with Crippen molar-refractivity contribution in [2.45, 2.75) is 16.7 Å². The average molecular weight is 346 g/mol. The smallest absolute Gasteiger partial charge is 0.207 e. The first-order valence-corrected chi connectivity index (χ1v) is 9.22. The van der Waals surface area contributed by atoms with Gasteiger partial charge in [-0.2, -0.15) is 0 Å². The molecule has 2 aliphatic rings. The number of rotatable bonds is 2. The number of benzene rings is 2. The predicted octanol–water partition coefficient (Wildman–Crippen LogP) is 3.03. The van der Waals surface area contributed by atoms with Gasteiger partial charge in [0.25, 0.3) is 0 Å². The van der Waals surface area contributed by atoms with Crippen LogP contribution < -0.4 is 0 Å². The van der Waals surface area contributed by atoms with E-state index in [1.165, 1.54) is 0 Å². The molecule has 0 spiro atoms. The van der Waals surface area contributed by atoms with Gasteiger partial charge in [-0.1, -0.05) is 58.6 Å². The Kier molecular flexibility index (Phi) is 2.55. The number of para-hydroxylation sites is 2. The second-order valence-electron chi connectivity index (χ2n) is 6.52. The van der Waals surface area contributed by atoms with Gasteiger partial charge in [0.2, 0.25) is 4.99 Å². The SMILES string of the molecule is C1=CC2CC1SC2(n1nnc2ccccc21)n1nnc2ccccc21. The number of allylic oxidation sites excluding steroid dienone is 1. The molecule has 6 nitrogen and oxygen atoms in total. The monoisotopic (exact) mass is 346 g/mol. The Hall–Kier alpha value is -2.67. The molecule has 0 amide bonds. The van der Waals surface area contributed by atoms with Gasteiger partial charge in [-0.05, 0) is 30.7 Å². The third-order valence-electron chi connectivity index (χ3n) is 5.16. The van der Waals surface area contributed by atoms with Crippen molar-refractivity contribution in [2.75, 3.05) is 0 Å². The van der Waals surface area contributed by atoms with E-state index in [1.807, 2.05) is 57.5 Å². The molecule has 1 aliphatic heterocycles. The Balaban J connectivity index is 1.70. The number of aromatic nitrogens is 6. The third-order valence-corrected chi connectivity index (χ3v) is 6.81. The fourth-order valence-electron chi connectivity index (χ4n) is 4.06. The highest BCUT2D eigenvalue weighted by Crippen LogP contribution is 2.57. The summed E-state index contributed by atoms with van der Waals surface area (Å²) in [4.78, 5) is -0.467. The molecule has 2 aromatic heterocycles. The standard InChI is InChI=1S/C18H14N6S/c1-3-7-16-14(5-1)19-21-23(16)18(12-9-10-13(11-12)25-18)24-17-8-4-2-6-15(17)20-22-24/h1-10,12-13H,11H2. The third kappa shape index (κ3) is 1.66. The van der Waals surface area contributed by atoms with E-state index in [9.17, 15) is 0 Å². The fourth-order valence-corrected chi connectivity index (χ4v) is 5.79. The minimum absolute atomic E-state index is 0.303. The lowest BCUT2D eigenvalue weighted by molar-refractivity contribution is 0.254. The number of hydrogen-bond donors (Lipinski definition) is 0. The van der Waals surface area contributed by atoms with E-state index >= 15 is 0 Å². The molecule has 6 rings (SSSR count). The Bertz CT molecular complexity index is 1070. The van der Waals surface area contributed by atoms with Gasteiger partial charge in [0.05, 0.1) is 11.0 Å². The molecule has 2 atom stereocenters. The maximum atomic E-state index is 4.55. The van der Waals surface area contributed by atoms with Crippen LogP contribution in [0, 0.1) is 5.92 Å². The van der Waals surface area contributed by atoms with Crippen molar-refractivity contribution >= 4 is 33.8 Å². The normalized spacial score (nSPS) is 23.8. The van der Waals surface area contributed by atoms with Gasteiger partial charge in [0.1, 0.15) is 11.0 Å². The van der Waals surface area contributed by atoms with Crippen molar-refractivity contribution < 1.29 is 0 Å². The highest BCUT2D eigenvalue weighted by Gasteiger charge is 2.55. The van der Waals surface area contributed by atoms with Crippen molar-refractivity contribution in [3.63, 3.8) is 0 Å². The highest BCUT2D eigenvalue weighted by molar-refractivity contribution is 8.01. The minimum Gasteiger partial charge on any atom is -0.207 e. The topological polar surface area (TPSA) is 61.4 Å². The lowest BCUT2D eigenvalue weighted by Crippen LogP contribution is -2.43. The second-order valence-corrected chi connectivity index (χ2v) is 7.96. The van der Waals surface area contributed by atoms with Gasteiger partial charge in [0, 0.05) is 11.2 Å². The van der Waals surface area contributed by atoms with Gasteiger partial charge in [-0.15, -0.1) is 10.2 Å². The molecule has 0 saturated carbocycles. The molecule has 7 heteroatoms. The zero-order chi connectivity index (χ0) is 16.4. The molecule has 122 valence electrons. The van der Waals surface area contributed by atoms with Crippen molar-refractivity contribution in [3.05, 3.63) is 60.7 Å². The van der Waals surface area contributed by atoms with E-state index in [2.05, 4.69) is 44.9 Å². The van der Waals surface area contributed by atoms with Crippen molar-refractivity contribution in [1.82, 2.24) is 30.0 Å². The number of thioether (sulfide) groups is 1. The van der Waals surface area contributed by atoms with Crippen LogP contribution >= 0.6 is 11.8 Å². The highest BCUT2D eigenvalue weighted by atomic mass is 32.2. The first kappa shape index (κ1) is 13.6. The van der Waals surface area contributed by atoms with Gasteiger partial charge < -0.3 is 0 Å². The van der Waals surface area contributed by atoms with Crippen LogP contribution in [-0.2, 0) is 4.99 Å². The summed E-state index contributed by atoms with van der Waals surface area (Å²) in [7, 11) is 0. The Labute approximate surface area is 147 Å². The summed E-state index contributed by atoms with van der Waals surface area (Å²) in [6.07, 6.45) is 5.69. The van der Waals surface area contributed by atoms with Crippen LogP contribution in [0.15, 0.2) is 60.7 Å². The molecule has 1 aliphatic carbocycles. The Morgan fingerprint density at radius 3 is 1.96 bits per heavy atom. The molecule has 25 heavy (non-hydrogen) atoms. The number of nitrogens with zero attached hydrogens (tertiary/aromatic N) is 6. The first-order chi connectivity index (χ1) is 12.4. The van der Waals surface area contributed by atoms with E-state index in [4.69, 9.17) is 0 Å². The van der Waals surface area contributed by atoms with Crippen LogP contribution in [0.1, 0.15) is 6.42 Å². The predicted molar refractivity (Wildman–Crippen MR) is 97.1 cm³/mol. The first-order valence-electron chi connectivity index (χ1n) is 8.34. The summed E-state index contributed by atoms with van der Waals surface area (Å²) >= 11 is 1.89. The largest absolute Gasteiger partial charge is 0.212 e. The van der Waals surface area contributed by atoms with E-state index < -0.39 is 4.99 Å². The van der Waals surface area contributed by atoms with Gasteiger partial charge >= 0.3 is 0 Å². The molecule has 2 unspecified atom stereocenters. The molecule has 3 heterocycles. The van der Waals surface area contributed by atoms with E-state index in [-0.39, 0.29) is 0 Å². The van der Waals surface area contributed by atoms with Gasteiger partial charge in [-0.3, -0.25) is 0 Å². The van der Waals surface area contributed by atoms with Crippen LogP contribution in [0.3, 0.4) is 0 Å². The van der Waals surface area contributed by atoms with Gasteiger partial charge in [0.15, 0.2) is 0 Å². The van der Waals surface area contributed by atoms with Crippen molar-refractivity contribution in [1.29, 1.82) is 0 Å². The number of hydrogen-bond acceptors (Lipinski definition) is 5. The lowest BCUT2D eigenvalue weighted by Gasteiger charge is -2.35. The summed E-state index contributed by atoms with van der Waals surface area (Å²) in [5, 5.41) is 18.4. The zero-order valence-corrected chi connectivity index (χ0v) is 14.0. The summed E-state index contributed by atoms with van der Waals surface area (Å²) in [5.41, 5.74) is 3.85. The molecule has 4 aromatic rings. The van der Waals surface area contributed by atoms with E-state index in [1.54, 1.807) is 0 Å². The second kappa shape index (κ2) is 4.70. The quantitative estimate of drug-likeness (QED) is 0.522. The van der Waals surface area contributed by atoms with Crippen LogP contribution in [-0.4, -0.2) is 35.2 Å². The lowest BCUT2D eigenvalue weighted by atomic mass is 10.1. The Morgan fingerprint density at radius 2 is 1.44 bits per heavy atom. The summed E-state index contributed by atoms with van der Waals surface area (Å²) in [6.45, 7) is 0. The fraction of sp³-hybridized carbons (Fsp3) is 0.222. The molecule has 0 N–H and O–H groups in total.